The van der Waals surface area contributed by atoms with Gasteiger partial charge in [0.2, 0.25) is 0 Å². The number of hydrogen-bond acceptors (Lipinski definition) is 6. The number of aromatic nitrogens is 1. The van der Waals surface area contributed by atoms with Crippen molar-refractivity contribution in [1.82, 2.24) is 4.98 Å². The minimum Gasteiger partial charge on any atom is -0.481 e. The van der Waals surface area contributed by atoms with Gasteiger partial charge in [-0.3, -0.25) is 9.59 Å². The van der Waals surface area contributed by atoms with E-state index in [4.69, 9.17) is 9.84 Å². The minimum absolute atomic E-state index is 0.163. The van der Waals surface area contributed by atoms with Gasteiger partial charge in [0, 0.05) is 7.11 Å². The Morgan fingerprint density at radius 3 is 2.62 bits per heavy atom. The summed E-state index contributed by atoms with van der Waals surface area (Å²) in [6.45, 7) is -0.163. The highest BCUT2D eigenvalue weighted by Gasteiger charge is 2.35. The highest BCUT2D eigenvalue weighted by atomic mass is 32.2. The lowest BCUT2D eigenvalue weighted by molar-refractivity contribution is -0.149. The number of ether oxygens (including phenoxy) is 1. The van der Waals surface area contributed by atoms with Crippen LogP contribution in [0.2, 0.25) is 0 Å². The van der Waals surface area contributed by atoms with Crippen LogP contribution in [0.5, 0.6) is 0 Å². The largest absolute Gasteiger partial charge is 0.481 e. The molecule has 0 aliphatic heterocycles. The van der Waals surface area contributed by atoms with Gasteiger partial charge in [-0.1, -0.05) is 23.9 Å². The molecule has 0 spiro atoms. The average Bonchev–Trinajstić information content (AvgIpc) is 2.84. The second-order valence-electron chi connectivity index (χ2n) is 4.22. The maximum Gasteiger partial charge on any atom is 0.318 e. The molecule has 0 aliphatic rings. The molecule has 2 rings (SSSR count). The third-order valence-electron chi connectivity index (χ3n) is 2.77. The molecule has 2 aromatic rings. The number of rotatable bonds is 7. The molecule has 0 radical (unpaired) electrons. The van der Waals surface area contributed by atoms with Gasteiger partial charge in [-0.25, -0.2) is 4.98 Å². The Hall–Kier alpha value is -1.64. The Morgan fingerprint density at radius 1 is 1.33 bits per heavy atom. The lowest BCUT2D eigenvalue weighted by Crippen LogP contribution is -2.35. The summed E-state index contributed by atoms with van der Waals surface area (Å²) < 4.78 is 6.28. The van der Waals surface area contributed by atoms with E-state index in [-0.39, 0.29) is 6.61 Å². The summed E-state index contributed by atoms with van der Waals surface area (Å²) in [6, 6.07) is 7.43. The van der Waals surface area contributed by atoms with Crippen molar-refractivity contribution in [3.05, 3.63) is 24.3 Å². The van der Waals surface area contributed by atoms with Crippen LogP contribution < -0.4 is 0 Å². The summed E-state index contributed by atoms with van der Waals surface area (Å²) in [7, 11) is 1.34. The van der Waals surface area contributed by atoms with Crippen molar-refractivity contribution in [3.8, 4) is 0 Å². The maximum atomic E-state index is 11.4. The molecule has 0 saturated heterocycles. The molecule has 21 heavy (non-hydrogen) atoms. The predicted molar refractivity (Wildman–Crippen MR) is 79.9 cm³/mol. The van der Waals surface area contributed by atoms with Crippen molar-refractivity contribution in [2.45, 2.75) is 9.59 Å². The molecule has 2 N–H and O–H groups in total. The van der Waals surface area contributed by atoms with Crippen LogP contribution in [0, 0.1) is 5.92 Å². The number of aliphatic carboxylic acids is 2. The van der Waals surface area contributed by atoms with Crippen LogP contribution in [0.25, 0.3) is 10.2 Å². The molecule has 1 heterocycles. The van der Waals surface area contributed by atoms with Crippen LogP contribution in [0.15, 0.2) is 28.6 Å². The van der Waals surface area contributed by atoms with E-state index >= 15 is 0 Å². The van der Waals surface area contributed by atoms with E-state index in [9.17, 15) is 14.7 Å². The molecular formula is C13H13NO5S2. The zero-order valence-corrected chi connectivity index (χ0v) is 12.7. The third-order valence-corrected chi connectivity index (χ3v) is 5.22. The van der Waals surface area contributed by atoms with Crippen LogP contribution in [0.3, 0.4) is 0 Å². The summed E-state index contributed by atoms with van der Waals surface area (Å²) in [5.74, 6) is -3.52. The van der Waals surface area contributed by atoms with Gasteiger partial charge in [0.15, 0.2) is 4.34 Å². The fraction of sp³-hybridized carbons (Fsp3) is 0.308. The molecule has 0 bridgehead atoms. The van der Waals surface area contributed by atoms with Crippen LogP contribution in [-0.2, 0) is 14.3 Å². The Bertz CT molecular complexity index is 624. The van der Waals surface area contributed by atoms with Crippen molar-refractivity contribution in [2.24, 2.45) is 5.92 Å². The molecule has 1 aromatic heterocycles. The molecule has 1 aromatic carbocycles. The van der Waals surface area contributed by atoms with Gasteiger partial charge in [0.05, 0.1) is 16.8 Å². The predicted octanol–water partition coefficient (Wildman–Crippen LogP) is 2.19. The highest BCUT2D eigenvalue weighted by Crippen LogP contribution is 2.34. The monoisotopic (exact) mass is 327 g/mol. The van der Waals surface area contributed by atoms with Gasteiger partial charge in [0.1, 0.15) is 11.2 Å². The molecule has 6 nitrogen and oxygen atoms in total. The van der Waals surface area contributed by atoms with Crippen LogP contribution >= 0.6 is 23.1 Å². The van der Waals surface area contributed by atoms with E-state index in [0.29, 0.717) is 4.34 Å². The molecule has 2 unspecified atom stereocenters. The fourth-order valence-corrected chi connectivity index (χ4v) is 4.08. The normalized spacial score (nSPS) is 14.0. The van der Waals surface area contributed by atoms with E-state index in [1.165, 1.54) is 18.4 Å². The Balaban J connectivity index is 2.26. The van der Waals surface area contributed by atoms with E-state index in [1.54, 1.807) is 0 Å². The van der Waals surface area contributed by atoms with Gasteiger partial charge in [-0.15, -0.1) is 11.3 Å². The van der Waals surface area contributed by atoms with E-state index in [0.717, 1.165) is 22.0 Å². The quantitative estimate of drug-likeness (QED) is 0.752. The Morgan fingerprint density at radius 2 is 2.05 bits per heavy atom. The number of carboxylic acid groups (broad SMARTS) is 2. The number of carbonyl (C=O) groups is 2. The number of carboxylic acids is 2. The number of methoxy groups -OCH3 is 1. The minimum atomic E-state index is -1.20. The summed E-state index contributed by atoms with van der Waals surface area (Å²) in [6.07, 6.45) is 0. The Kier molecular flexibility index (Phi) is 5.16. The number of hydrogen-bond donors (Lipinski definition) is 2. The zero-order valence-electron chi connectivity index (χ0n) is 11.1. The zero-order chi connectivity index (χ0) is 15.4. The van der Waals surface area contributed by atoms with Crippen LogP contribution in [0.1, 0.15) is 0 Å². The molecule has 2 atom stereocenters. The van der Waals surface area contributed by atoms with Crippen molar-refractivity contribution in [1.29, 1.82) is 0 Å². The van der Waals surface area contributed by atoms with Crippen molar-refractivity contribution in [2.75, 3.05) is 13.7 Å². The van der Waals surface area contributed by atoms with Gasteiger partial charge < -0.3 is 14.9 Å². The molecule has 112 valence electrons. The number of benzene rings is 1. The number of thioether (sulfide) groups is 1. The third kappa shape index (κ3) is 3.72. The van der Waals surface area contributed by atoms with Crippen molar-refractivity contribution >= 4 is 45.3 Å². The summed E-state index contributed by atoms with van der Waals surface area (Å²) in [4.78, 5) is 26.9. The number of thiazole rings is 1. The van der Waals surface area contributed by atoms with Crippen molar-refractivity contribution < 1.29 is 24.5 Å². The van der Waals surface area contributed by atoms with Gasteiger partial charge in [-0.05, 0) is 12.1 Å². The molecular weight excluding hydrogens is 314 g/mol. The first kappa shape index (κ1) is 15.7. The average molecular weight is 327 g/mol. The first-order chi connectivity index (χ1) is 10.0. The van der Waals surface area contributed by atoms with E-state index in [1.807, 2.05) is 24.3 Å². The number of para-hydroxylation sites is 1. The van der Waals surface area contributed by atoms with Crippen molar-refractivity contribution in [3.63, 3.8) is 0 Å². The smallest absolute Gasteiger partial charge is 0.318 e. The first-order valence-electron chi connectivity index (χ1n) is 5.99. The molecule has 0 amide bonds. The van der Waals surface area contributed by atoms with Crippen LogP contribution in [-0.4, -0.2) is 46.1 Å². The Labute approximate surface area is 128 Å². The van der Waals surface area contributed by atoms with Gasteiger partial charge in [0.25, 0.3) is 0 Å². The summed E-state index contributed by atoms with van der Waals surface area (Å²) >= 11 is 2.29. The number of fused-ring (bicyclic) bond motifs is 1. The molecule has 8 heteroatoms. The standard InChI is InChI=1S/C13H13NO5S2/c1-19-6-7(11(15)16)10(12(17)18)21-13-14-8-4-2-3-5-9(8)20-13/h2-5,7,10H,6H2,1H3,(H,15,16)(H,17,18). The lowest BCUT2D eigenvalue weighted by Gasteiger charge is -2.17. The molecule has 0 aliphatic carbocycles. The second kappa shape index (κ2) is 6.88. The highest BCUT2D eigenvalue weighted by molar-refractivity contribution is 8.02. The molecule has 0 saturated carbocycles. The van der Waals surface area contributed by atoms with E-state index in [2.05, 4.69) is 4.98 Å². The summed E-state index contributed by atoms with van der Waals surface area (Å²) in [5, 5.41) is 17.3. The summed E-state index contributed by atoms with van der Waals surface area (Å²) in [5.41, 5.74) is 0.771. The van der Waals surface area contributed by atoms with Gasteiger partial charge >= 0.3 is 11.9 Å². The molecule has 0 fully saturated rings. The first-order valence-corrected chi connectivity index (χ1v) is 7.69. The topological polar surface area (TPSA) is 96.7 Å². The SMILES string of the molecule is COCC(C(=O)O)C(Sc1nc2ccccc2s1)C(=O)O. The number of nitrogens with zero attached hydrogens (tertiary/aromatic N) is 1. The van der Waals surface area contributed by atoms with E-state index < -0.39 is 23.1 Å². The van der Waals surface area contributed by atoms with Crippen LogP contribution in [0.4, 0.5) is 0 Å². The maximum absolute atomic E-state index is 11.4. The lowest BCUT2D eigenvalue weighted by atomic mass is 10.1. The fourth-order valence-electron chi connectivity index (χ4n) is 1.78. The van der Waals surface area contributed by atoms with Gasteiger partial charge in [-0.2, -0.15) is 0 Å². The second-order valence-corrected chi connectivity index (χ2v) is 6.64.